The van der Waals surface area contributed by atoms with Gasteiger partial charge in [-0.05, 0) is 53.8 Å². The van der Waals surface area contributed by atoms with E-state index in [1.807, 2.05) is 0 Å². The van der Waals surface area contributed by atoms with E-state index in [-0.39, 0.29) is 23.8 Å². The van der Waals surface area contributed by atoms with Gasteiger partial charge in [0.2, 0.25) is 5.91 Å². The third-order valence-corrected chi connectivity index (χ3v) is 8.68. The Bertz CT molecular complexity index is 1060. The molecule has 0 aromatic carbocycles. The van der Waals surface area contributed by atoms with Crippen LogP contribution >= 0.6 is 22.7 Å². The van der Waals surface area contributed by atoms with Gasteiger partial charge >= 0.3 is 0 Å². The van der Waals surface area contributed by atoms with Crippen LogP contribution in [0.4, 0.5) is 0 Å². The van der Waals surface area contributed by atoms with Gasteiger partial charge < -0.3 is 5.32 Å². The Morgan fingerprint density at radius 2 is 1.82 bits per heavy atom. The van der Waals surface area contributed by atoms with Crippen molar-refractivity contribution in [2.24, 2.45) is 11.0 Å². The summed E-state index contributed by atoms with van der Waals surface area (Å²) in [4.78, 5) is 32.0. The summed E-state index contributed by atoms with van der Waals surface area (Å²) in [5.41, 5.74) is 2.38. The number of allylic oxidation sites excluding steroid dienone is 1. The first-order valence-electron chi connectivity index (χ1n) is 12.0. The van der Waals surface area contributed by atoms with Crippen molar-refractivity contribution in [1.82, 2.24) is 20.1 Å². The zero-order chi connectivity index (χ0) is 23.5. The quantitative estimate of drug-likeness (QED) is 0.665. The smallest absolute Gasteiger partial charge is 0.257 e. The number of nitrogens with one attached hydrogen (secondary N) is 1. The van der Waals surface area contributed by atoms with Crippen LogP contribution in [0.3, 0.4) is 0 Å². The van der Waals surface area contributed by atoms with E-state index >= 15 is 0 Å². The molecule has 2 atom stereocenters. The lowest BCUT2D eigenvalue weighted by atomic mass is 9.79. The maximum atomic E-state index is 13.6. The molecular weight excluding hydrogens is 466 g/mol. The van der Waals surface area contributed by atoms with Gasteiger partial charge in [0.15, 0.2) is 0 Å². The van der Waals surface area contributed by atoms with Crippen molar-refractivity contribution >= 4 is 46.3 Å². The van der Waals surface area contributed by atoms with Gasteiger partial charge in [-0.25, -0.2) is 5.01 Å². The maximum Gasteiger partial charge on any atom is 0.257 e. The summed E-state index contributed by atoms with van der Waals surface area (Å²) >= 11 is 3.45. The van der Waals surface area contributed by atoms with Crippen molar-refractivity contribution in [2.75, 3.05) is 46.3 Å². The number of hydrogen-bond acceptors (Lipinski definition) is 7. The van der Waals surface area contributed by atoms with Crippen molar-refractivity contribution < 1.29 is 9.59 Å². The third kappa shape index (κ3) is 5.02. The molecule has 5 rings (SSSR count). The highest BCUT2D eigenvalue weighted by atomic mass is 32.1. The molecule has 3 aliphatic rings. The molecule has 4 heterocycles. The molecule has 2 aromatic heterocycles. The minimum Gasteiger partial charge on any atom is -0.358 e. The fourth-order valence-corrected chi connectivity index (χ4v) is 6.70. The van der Waals surface area contributed by atoms with E-state index in [0.717, 1.165) is 51.2 Å². The monoisotopic (exact) mass is 497 g/mol. The van der Waals surface area contributed by atoms with Crippen LogP contribution in [0.2, 0.25) is 0 Å². The lowest BCUT2D eigenvalue weighted by molar-refractivity contribution is -0.135. The van der Waals surface area contributed by atoms with Crippen molar-refractivity contribution in [3.05, 3.63) is 50.4 Å². The summed E-state index contributed by atoms with van der Waals surface area (Å²) < 4.78 is 0. The number of thiophene rings is 2. The molecule has 34 heavy (non-hydrogen) atoms. The number of hydrazone groups is 1. The summed E-state index contributed by atoms with van der Waals surface area (Å²) in [7, 11) is 1.66. The molecule has 2 fully saturated rings. The van der Waals surface area contributed by atoms with E-state index in [0.29, 0.717) is 13.1 Å². The maximum absolute atomic E-state index is 13.6. The van der Waals surface area contributed by atoms with Crippen molar-refractivity contribution in [2.45, 2.75) is 25.3 Å². The molecule has 1 aliphatic carbocycles. The average molecular weight is 498 g/mol. The van der Waals surface area contributed by atoms with Crippen LogP contribution in [-0.2, 0) is 9.59 Å². The molecule has 2 amide bonds. The Balaban J connectivity index is 1.32. The van der Waals surface area contributed by atoms with E-state index in [9.17, 15) is 9.59 Å². The van der Waals surface area contributed by atoms with E-state index in [1.54, 1.807) is 34.7 Å². The van der Waals surface area contributed by atoms with E-state index < -0.39 is 0 Å². The molecule has 2 aromatic rings. The number of nitrogens with zero attached hydrogens (tertiary/aromatic N) is 4. The summed E-state index contributed by atoms with van der Waals surface area (Å²) in [6, 6.07) is 8.41. The minimum absolute atomic E-state index is 0.0101. The van der Waals surface area contributed by atoms with Gasteiger partial charge in [-0.2, -0.15) is 5.10 Å². The number of likely N-dealkylation sites (N-methyl/N-ethyl adjacent to an activating group) is 1. The van der Waals surface area contributed by atoms with Crippen LogP contribution in [0.15, 0.2) is 45.7 Å². The largest absolute Gasteiger partial charge is 0.358 e. The lowest BCUT2D eigenvalue weighted by Gasteiger charge is -2.35. The predicted molar refractivity (Wildman–Crippen MR) is 138 cm³/mol. The predicted octanol–water partition coefficient (Wildman–Crippen LogP) is 3.30. The van der Waals surface area contributed by atoms with Crippen LogP contribution < -0.4 is 5.32 Å². The molecule has 2 aliphatic heterocycles. The number of hydrogen-bond donors (Lipinski definition) is 1. The molecule has 0 spiro atoms. The normalized spacial score (nSPS) is 24.8. The molecule has 1 N–H and O–H groups in total. The van der Waals surface area contributed by atoms with Gasteiger partial charge in [-0.15, -0.1) is 22.7 Å². The SMILES string of the molecule is CNC(=O)CN1CCN(CC(=O)N2N=C3C(=Cc4cccs4)CCCC3C2c2cccs2)CC1. The number of amides is 2. The topological polar surface area (TPSA) is 68.2 Å². The van der Waals surface area contributed by atoms with Crippen LogP contribution in [0.5, 0.6) is 0 Å². The van der Waals surface area contributed by atoms with Crippen LogP contribution in [0.1, 0.15) is 35.1 Å². The summed E-state index contributed by atoms with van der Waals surface area (Å²) in [5.74, 6) is 0.354. The van der Waals surface area contributed by atoms with Crippen molar-refractivity contribution in [1.29, 1.82) is 0 Å². The van der Waals surface area contributed by atoms with Gasteiger partial charge in [-0.1, -0.05) is 12.1 Å². The Labute approximate surface area is 208 Å². The second kappa shape index (κ2) is 10.5. The highest BCUT2D eigenvalue weighted by molar-refractivity contribution is 7.11. The summed E-state index contributed by atoms with van der Waals surface area (Å²) in [6.07, 6.45) is 5.46. The van der Waals surface area contributed by atoms with E-state index in [2.05, 4.69) is 56.2 Å². The van der Waals surface area contributed by atoms with Crippen LogP contribution in [-0.4, -0.2) is 78.7 Å². The van der Waals surface area contributed by atoms with Gasteiger partial charge in [0, 0.05) is 48.9 Å². The first kappa shape index (κ1) is 23.4. The molecule has 0 bridgehead atoms. The molecule has 1 saturated carbocycles. The molecule has 9 heteroatoms. The first-order valence-corrected chi connectivity index (χ1v) is 13.7. The molecular formula is C25H31N5O2S2. The Hall–Kier alpha value is -2.33. The zero-order valence-electron chi connectivity index (χ0n) is 19.5. The average Bonchev–Trinajstić information content (AvgIpc) is 3.61. The van der Waals surface area contributed by atoms with Gasteiger partial charge in [0.1, 0.15) is 0 Å². The highest BCUT2D eigenvalue weighted by Gasteiger charge is 2.44. The second-order valence-electron chi connectivity index (χ2n) is 9.09. The van der Waals surface area contributed by atoms with Crippen molar-refractivity contribution in [3.63, 3.8) is 0 Å². The van der Waals surface area contributed by atoms with Gasteiger partial charge in [0.25, 0.3) is 5.91 Å². The van der Waals surface area contributed by atoms with Gasteiger partial charge in [0.05, 0.1) is 24.8 Å². The number of piperazine rings is 1. The number of rotatable bonds is 6. The fourth-order valence-electron chi connectivity index (χ4n) is 5.14. The first-order chi connectivity index (χ1) is 16.6. The molecule has 0 radical (unpaired) electrons. The number of carbonyl (C=O) groups is 2. The molecule has 180 valence electrons. The Kier molecular flexibility index (Phi) is 7.24. The highest BCUT2D eigenvalue weighted by Crippen LogP contribution is 2.45. The number of carbonyl (C=O) groups excluding carboxylic acids is 2. The van der Waals surface area contributed by atoms with Crippen molar-refractivity contribution in [3.8, 4) is 0 Å². The Morgan fingerprint density at radius 1 is 1.09 bits per heavy atom. The standard InChI is InChI=1S/C25H31N5O2S2/c1-26-22(31)16-28-9-11-29(12-10-28)17-23(32)30-25(21-8-4-14-34-21)20-7-2-5-18(24(20)27-30)15-19-6-3-13-33-19/h3-4,6,8,13-15,20,25H,2,5,7,9-12,16-17H2,1H3,(H,26,31). The lowest BCUT2D eigenvalue weighted by Crippen LogP contribution is -2.51. The summed E-state index contributed by atoms with van der Waals surface area (Å²) in [5, 5.41) is 13.7. The molecule has 2 unspecified atom stereocenters. The molecule has 1 saturated heterocycles. The summed E-state index contributed by atoms with van der Waals surface area (Å²) in [6.45, 7) is 3.93. The fraction of sp³-hybridized carbons (Fsp3) is 0.480. The van der Waals surface area contributed by atoms with Gasteiger partial charge in [-0.3, -0.25) is 19.4 Å². The zero-order valence-corrected chi connectivity index (χ0v) is 21.1. The molecule has 7 nitrogen and oxygen atoms in total. The van der Waals surface area contributed by atoms with E-state index in [4.69, 9.17) is 5.10 Å². The third-order valence-electron chi connectivity index (χ3n) is 6.92. The van der Waals surface area contributed by atoms with Crippen LogP contribution in [0.25, 0.3) is 6.08 Å². The Morgan fingerprint density at radius 3 is 2.50 bits per heavy atom. The minimum atomic E-state index is -0.0101. The number of fused-ring (bicyclic) bond motifs is 1. The second-order valence-corrected chi connectivity index (χ2v) is 11.1. The van der Waals surface area contributed by atoms with E-state index in [1.165, 1.54) is 15.3 Å². The van der Waals surface area contributed by atoms with Crippen LogP contribution in [0, 0.1) is 5.92 Å².